The molecule has 0 aliphatic heterocycles. The predicted octanol–water partition coefficient (Wildman–Crippen LogP) is 3.21. The SMILES string of the molecule is CCCC[C@]12CCC(=O)C=C1CCCC2=O. The molecular weight excluding hydrogens is 200 g/mol. The average molecular weight is 220 g/mol. The van der Waals surface area contributed by atoms with Crippen LogP contribution in [0.15, 0.2) is 11.6 Å². The van der Waals surface area contributed by atoms with Gasteiger partial charge in [0, 0.05) is 12.8 Å². The monoisotopic (exact) mass is 220 g/mol. The fourth-order valence-corrected chi connectivity index (χ4v) is 3.11. The first-order valence-electron chi connectivity index (χ1n) is 6.46. The Hall–Kier alpha value is -0.920. The molecule has 0 heterocycles. The van der Waals surface area contributed by atoms with Crippen LogP contribution >= 0.6 is 0 Å². The smallest absolute Gasteiger partial charge is 0.155 e. The molecule has 0 aromatic rings. The molecule has 2 aliphatic rings. The predicted molar refractivity (Wildman–Crippen MR) is 63.1 cm³/mol. The molecule has 2 nitrogen and oxygen atoms in total. The number of ketones is 2. The molecule has 2 rings (SSSR count). The highest BCUT2D eigenvalue weighted by molar-refractivity contribution is 5.97. The third kappa shape index (κ3) is 1.85. The van der Waals surface area contributed by atoms with Crippen molar-refractivity contribution in [3.8, 4) is 0 Å². The van der Waals surface area contributed by atoms with E-state index < -0.39 is 0 Å². The third-order valence-electron chi connectivity index (χ3n) is 4.09. The van der Waals surface area contributed by atoms with Crippen molar-refractivity contribution in [3.05, 3.63) is 11.6 Å². The molecule has 1 atom stereocenters. The summed E-state index contributed by atoms with van der Waals surface area (Å²) in [6.07, 6.45) is 8.91. The number of hydrogen-bond donors (Lipinski definition) is 0. The lowest BCUT2D eigenvalue weighted by atomic mass is 9.61. The van der Waals surface area contributed by atoms with Gasteiger partial charge in [0.15, 0.2) is 5.78 Å². The zero-order valence-corrected chi connectivity index (χ0v) is 10.1. The summed E-state index contributed by atoms with van der Waals surface area (Å²) in [5.41, 5.74) is 0.913. The largest absolute Gasteiger partial charge is 0.299 e. The Labute approximate surface area is 97.1 Å². The van der Waals surface area contributed by atoms with E-state index in [2.05, 4.69) is 6.92 Å². The second kappa shape index (κ2) is 4.52. The maximum absolute atomic E-state index is 12.2. The molecule has 16 heavy (non-hydrogen) atoms. The minimum atomic E-state index is -0.234. The van der Waals surface area contributed by atoms with E-state index >= 15 is 0 Å². The van der Waals surface area contributed by atoms with Gasteiger partial charge >= 0.3 is 0 Å². The van der Waals surface area contributed by atoms with Crippen LogP contribution in [0.2, 0.25) is 0 Å². The Balaban J connectivity index is 2.29. The lowest BCUT2D eigenvalue weighted by Gasteiger charge is -2.40. The first kappa shape index (κ1) is 11.6. The van der Waals surface area contributed by atoms with Crippen LogP contribution in [0, 0.1) is 5.41 Å². The van der Waals surface area contributed by atoms with Crippen molar-refractivity contribution >= 4 is 11.6 Å². The van der Waals surface area contributed by atoms with Gasteiger partial charge in [-0.2, -0.15) is 0 Å². The molecule has 0 amide bonds. The van der Waals surface area contributed by atoms with E-state index in [1.165, 1.54) is 0 Å². The minimum Gasteiger partial charge on any atom is -0.299 e. The highest BCUT2D eigenvalue weighted by Gasteiger charge is 2.44. The van der Waals surface area contributed by atoms with Gasteiger partial charge in [-0.3, -0.25) is 9.59 Å². The molecular formula is C14H20O2. The quantitative estimate of drug-likeness (QED) is 0.732. The van der Waals surface area contributed by atoms with E-state index in [0.29, 0.717) is 12.2 Å². The number of Topliss-reactive ketones (excluding diaryl/α,β-unsaturated/α-hetero) is 1. The summed E-state index contributed by atoms with van der Waals surface area (Å²) in [4.78, 5) is 23.7. The van der Waals surface area contributed by atoms with Crippen molar-refractivity contribution in [1.82, 2.24) is 0 Å². The Morgan fingerprint density at radius 2 is 2.06 bits per heavy atom. The van der Waals surface area contributed by atoms with E-state index in [1.54, 1.807) is 6.08 Å². The van der Waals surface area contributed by atoms with Gasteiger partial charge in [0.2, 0.25) is 0 Å². The molecule has 0 N–H and O–H groups in total. The Morgan fingerprint density at radius 1 is 1.25 bits per heavy atom. The van der Waals surface area contributed by atoms with Crippen molar-refractivity contribution in [3.63, 3.8) is 0 Å². The minimum absolute atomic E-state index is 0.219. The molecule has 0 bridgehead atoms. The standard InChI is InChI=1S/C14H20O2/c1-2-3-8-14-9-7-12(15)10-11(14)5-4-6-13(14)16/h10H,2-9H2,1H3/t14-/m0/s1. The molecule has 0 unspecified atom stereocenters. The van der Waals surface area contributed by atoms with Crippen LogP contribution in [0.25, 0.3) is 0 Å². The number of carbonyl (C=O) groups excluding carboxylic acids is 2. The zero-order chi connectivity index (χ0) is 11.6. The molecule has 2 aliphatic carbocycles. The van der Waals surface area contributed by atoms with Crippen LogP contribution in [0.3, 0.4) is 0 Å². The molecule has 0 saturated heterocycles. The second-order valence-electron chi connectivity index (χ2n) is 5.10. The molecule has 0 aromatic heterocycles. The molecule has 88 valence electrons. The fourth-order valence-electron chi connectivity index (χ4n) is 3.11. The van der Waals surface area contributed by atoms with Gasteiger partial charge in [-0.1, -0.05) is 25.3 Å². The van der Waals surface area contributed by atoms with E-state index in [-0.39, 0.29) is 11.2 Å². The van der Waals surface area contributed by atoms with Crippen molar-refractivity contribution in [1.29, 1.82) is 0 Å². The lowest BCUT2D eigenvalue weighted by molar-refractivity contribution is -0.130. The molecule has 2 heteroatoms. The first-order valence-corrected chi connectivity index (χ1v) is 6.46. The van der Waals surface area contributed by atoms with E-state index in [9.17, 15) is 9.59 Å². The average Bonchev–Trinajstić information content (AvgIpc) is 2.28. The molecule has 1 saturated carbocycles. The van der Waals surface area contributed by atoms with Crippen molar-refractivity contribution in [2.24, 2.45) is 5.41 Å². The normalized spacial score (nSPS) is 29.9. The van der Waals surface area contributed by atoms with Crippen LogP contribution in [0.1, 0.15) is 58.3 Å². The van der Waals surface area contributed by atoms with Crippen LogP contribution in [-0.4, -0.2) is 11.6 Å². The summed E-state index contributed by atoms with van der Waals surface area (Å²) < 4.78 is 0. The van der Waals surface area contributed by atoms with E-state index in [4.69, 9.17) is 0 Å². The summed E-state index contributed by atoms with van der Waals surface area (Å²) >= 11 is 0. The highest BCUT2D eigenvalue weighted by Crippen LogP contribution is 2.47. The van der Waals surface area contributed by atoms with Crippen molar-refractivity contribution in [2.45, 2.75) is 58.3 Å². The van der Waals surface area contributed by atoms with Gasteiger partial charge < -0.3 is 0 Å². The topological polar surface area (TPSA) is 34.1 Å². The first-order chi connectivity index (χ1) is 7.69. The molecule has 0 aromatic carbocycles. The van der Waals surface area contributed by atoms with Gasteiger partial charge in [-0.25, -0.2) is 0 Å². The zero-order valence-electron chi connectivity index (χ0n) is 10.1. The highest BCUT2D eigenvalue weighted by atomic mass is 16.1. The van der Waals surface area contributed by atoms with Crippen molar-refractivity contribution < 1.29 is 9.59 Å². The number of fused-ring (bicyclic) bond motifs is 1. The number of unbranched alkanes of at least 4 members (excludes halogenated alkanes) is 1. The Kier molecular flexibility index (Phi) is 3.27. The van der Waals surface area contributed by atoms with Crippen LogP contribution in [0.4, 0.5) is 0 Å². The number of allylic oxidation sites excluding steroid dienone is 2. The second-order valence-corrected chi connectivity index (χ2v) is 5.10. The lowest BCUT2D eigenvalue weighted by Crippen LogP contribution is -2.39. The van der Waals surface area contributed by atoms with Crippen LogP contribution in [-0.2, 0) is 9.59 Å². The van der Waals surface area contributed by atoms with Crippen LogP contribution in [0.5, 0.6) is 0 Å². The molecule has 1 fully saturated rings. The molecule has 0 radical (unpaired) electrons. The maximum Gasteiger partial charge on any atom is 0.155 e. The van der Waals surface area contributed by atoms with Crippen molar-refractivity contribution in [2.75, 3.05) is 0 Å². The molecule has 0 spiro atoms. The number of hydrogen-bond acceptors (Lipinski definition) is 2. The summed E-state index contributed by atoms with van der Waals surface area (Å²) in [5, 5.41) is 0. The van der Waals surface area contributed by atoms with Gasteiger partial charge in [0.05, 0.1) is 5.41 Å². The number of carbonyl (C=O) groups is 2. The maximum atomic E-state index is 12.2. The fraction of sp³-hybridized carbons (Fsp3) is 0.714. The van der Waals surface area contributed by atoms with Gasteiger partial charge in [0.1, 0.15) is 5.78 Å². The summed E-state index contributed by atoms with van der Waals surface area (Å²) in [7, 11) is 0. The van der Waals surface area contributed by atoms with E-state index in [0.717, 1.165) is 50.5 Å². The van der Waals surface area contributed by atoms with Gasteiger partial charge in [-0.15, -0.1) is 0 Å². The summed E-state index contributed by atoms with van der Waals surface area (Å²) in [5.74, 6) is 0.614. The van der Waals surface area contributed by atoms with E-state index in [1.807, 2.05) is 0 Å². The Bertz CT molecular complexity index is 341. The third-order valence-corrected chi connectivity index (χ3v) is 4.09. The van der Waals surface area contributed by atoms with Gasteiger partial charge in [0.25, 0.3) is 0 Å². The Morgan fingerprint density at radius 3 is 2.81 bits per heavy atom. The van der Waals surface area contributed by atoms with Gasteiger partial charge in [-0.05, 0) is 31.8 Å². The summed E-state index contributed by atoms with van der Waals surface area (Å²) in [6.45, 7) is 2.15. The number of rotatable bonds is 3. The summed E-state index contributed by atoms with van der Waals surface area (Å²) in [6, 6.07) is 0. The van der Waals surface area contributed by atoms with Crippen LogP contribution < -0.4 is 0 Å².